The summed E-state index contributed by atoms with van der Waals surface area (Å²) in [6, 6.07) is 8.09. The molecule has 2 aromatic rings. The molecule has 1 aromatic heterocycles. The number of hydrogen-bond donors (Lipinski definition) is 0. The molecule has 0 amide bonds. The largest absolute Gasteiger partial charge is 0.497 e. The maximum Gasteiger partial charge on any atom is 0.218 e. The number of benzene rings is 1. The zero-order valence-corrected chi connectivity index (χ0v) is 44.7. The lowest BCUT2D eigenvalue weighted by Gasteiger charge is -2.39. The zero-order chi connectivity index (χ0) is 47.2. The highest BCUT2D eigenvalue weighted by Crippen LogP contribution is 2.42. The molecule has 1 fully saturated rings. The highest BCUT2D eigenvalue weighted by molar-refractivity contribution is 6.74. The van der Waals surface area contributed by atoms with Crippen molar-refractivity contribution in [3.63, 3.8) is 0 Å². The van der Waals surface area contributed by atoms with Gasteiger partial charge in [0.1, 0.15) is 24.5 Å². The molecule has 63 heavy (non-hydrogen) atoms. The Hall–Kier alpha value is -2.14. The van der Waals surface area contributed by atoms with Crippen LogP contribution in [0.25, 0.3) is 6.08 Å². The minimum absolute atomic E-state index is 0.00165. The molecule has 0 bridgehead atoms. The SMILES string of the molecule is C=C1C[C@@H](CCC[C@@H](C[C@H](O[Si](C)(C)C(C)(C)C)c2coc(/C=C(\C)[C@@H](C)OC)n2)OCc2ccc(OC)cc2)O[C@@H](C[C@H](OCOC)[C@@H](C)C[C@H](C)CO[Si](C)(C)C(C)(C)C)C1. The molecule has 10 nitrogen and oxygen atoms in total. The highest BCUT2D eigenvalue weighted by Gasteiger charge is 2.41. The van der Waals surface area contributed by atoms with E-state index in [1.165, 1.54) is 5.57 Å². The van der Waals surface area contributed by atoms with Crippen molar-refractivity contribution in [2.75, 3.05) is 34.7 Å². The summed E-state index contributed by atoms with van der Waals surface area (Å²) in [6.45, 7) is 37.6. The first-order chi connectivity index (χ1) is 29.4. The maximum atomic E-state index is 7.17. The van der Waals surface area contributed by atoms with Crippen LogP contribution in [0.4, 0.5) is 0 Å². The third kappa shape index (κ3) is 18.2. The number of oxazole rings is 1. The van der Waals surface area contributed by atoms with E-state index in [2.05, 4.69) is 100 Å². The average molecular weight is 916 g/mol. The van der Waals surface area contributed by atoms with Crippen LogP contribution in [0.2, 0.25) is 36.3 Å². The summed E-state index contributed by atoms with van der Waals surface area (Å²) in [5, 5.41) is 0.191. The molecule has 0 N–H and O–H groups in total. The first-order valence-electron chi connectivity index (χ1n) is 23.5. The number of hydrogen-bond acceptors (Lipinski definition) is 10. The predicted octanol–water partition coefficient (Wildman–Crippen LogP) is 13.5. The topological polar surface area (TPSA) is 99.9 Å². The fourth-order valence-electron chi connectivity index (χ4n) is 7.50. The predicted molar refractivity (Wildman–Crippen MR) is 262 cm³/mol. The molecule has 1 aliphatic heterocycles. The van der Waals surface area contributed by atoms with Gasteiger partial charge in [0.05, 0.1) is 50.3 Å². The third-order valence-corrected chi connectivity index (χ3v) is 22.9. The van der Waals surface area contributed by atoms with E-state index >= 15 is 0 Å². The van der Waals surface area contributed by atoms with Crippen LogP contribution >= 0.6 is 0 Å². The minimum atomic E-state index is -2.23. The first-order valence-corrected chi connectivity index (χ1v) is 29.3. The normalized spacial score (nSPS) is 20.0. The smallest absolute Gasteiger partial charge is 0.218 e. The Balaban J connectivity index is 1.78. The molecule has 2 heterocycles. The number of rotatable bonds is 27. The van der Waals surface area contributed by atoms with Crippen molar-refractivity contribution >= 4 is 22.7 Å². The van der Waals surface area contributed by atoms with Crippen LogP contribution in [0, 0.1) is 11.8 Å². The van der Waals surface area contributed by atoms with Gasteiger partial charge < -0.3 is 41.7 Å². The van der Waals surface area contributed by atoms with Crippen LogP contribution < -0.4 is 4.74 Å². The highest BCUT2D eigenvalue weighted by atomic mass is 28.4. The van der Waals surface area contributed by atoms with Gasteiger partial charge in [-0.05, 0) is 124 Å². The number of aromatic nitrogens is 1. The van der Waals surface area contributed by atoms with Crippen molar-refractivity contribution in [1.29, 1.82) is 0 Å². The molecule has 360 valence electrons. The lowest BCUT2D eigenvalue weighted by Crippen LogP contribution is -2.42. The Morgan fingerprint density at radius 2 is 1.56 bits per heavy atom. The van der Waals surface area contributed by atoms with Crippen LogP contribution in [0.1, 0.15) is 144 Å². The summed E-state index contributed by atoms with van der Waals surface area (Å²) in [6.07, 6.45) is 10.2. The quantitative estimate of drug-likeness (QED) is 0.0489. The number of nitrogens with zero attached hydrogens (tertiary/aromatic N) is 1. The molecule has 3 rings (SSSR count). The van der Waals surface area contributed by atoms with Crippen molar-refractivity contribution in [1.82, 2.24) is 4.98 Å². The summed E-state index contributed by atoms with van der Waals surface area (Å²) in [5.41, 5.74) is 4.15. The van der Waals surface area contributed by atoms with Gasteiger partial charge in [0.2, 0.25) is 5.89 Å². The Bertz CT molecular complexity index is 1660. The second-order valence-corrected chi connectivity index (χ2v) is 31.0. The Kier molecular flexibility index (Phi) is 22.0. The van der Waals surface area contributed by atoms with Crippen LogP contribution in [-0.4, -0.2) is 86.9 Å². The second-order valence-electron chi connectivity index (χ2n) is 21.5. The van der Waals surface area contributed by atoms with Crippen molar-refractivity contribution in [2.45, 2.75) is 200 Å². The van der Waals surface area contributed by atoms with Gasteiger partial charge in [-0.25, -0.2) is 4.98 Å². The molecular weight excluding hydrogens is 827 g/mol. The summed E-state index contributed by atoms with van der Waals surface area (Å²) < 4.78 is 56.2. The van der Waals surface area contributed by atoms with E-state index in [9.17, 15) is 0 Å². The van der Waals surface area contributed by atoms with E-state index in [0.29, 0.717) is 30.8 Å². The van der Waals surface area contributed by atoms with Gasteiger partial charge in [-0.2, -0.15) is 0 Å². The number of methoxy groups -OCH3 is 3. The van der Waals surface area contributed by atoms with Gasteiger partial charge in [-0.3, -0.25) is 0 Å². The van der Waals surface area contributed by atoms with Crippen molar-refractivity contribution in [3.8, 4) is 5.75 Å². The minimum Gasteiger partial charge on any atom is -0.497 e. The summed E-state index contributed by atoms with van der Waals surface area (Å²) >= 11 is 0. The third-order valence-electron chi connectivity index (χ3n) is 13.9. The molecule has 0 aliphatic carbocycles. The van der Waals surface area contributed by atoms with Gasteiger partial charge in [-0.15, -0.1) is 0 Å². The molecule has 0 radical (unpaired) electrons. The van der Waals surface area contributed by atoms with Crippen LogP contribution in [0.5, 0.6) is 5.75 Å². The van der Waals surface area contributed by atoms with Gasteiger partial charge in [0.15, 0.2) is 16.6 Å². The van der Waals surface area contributed by atoms with E-state index in [1.54, 1.807) is 27.6 Å². The molecular formula is C51H89NO9Si2. The molecule has 1 aromatic carbocycles. The molecule has 0 spiro atoms. The fourth-order valence-corrected chi connectivity index (χ4v) is 9.91. The van der Waals surface area contributed by atoms with E-state index in [1.807, 2.05) is 32.1 Å². The van der Waals surface area contributed by atoms with E-state index in [0.717, 1.165) is 74.1 Å². The molecule has 1 saturated heterocycles. The average Bonchev–Trinajstić information content (AvgIpc) is 3.67. The van der Waals surface area contributed by atoms with Crippen LogP contribution in [0.15, 0.2) is 52.7 Å². The molecule has 8 atom stereocenters. The monoisotopic (exact) mass is 916 g/mol. The van der Waals surface area contributed by atoms with E-state index < -0.39 is 16.6 Å². The number of ether oxygens (including phenoxy) is 6. The lowest BCUT2D eigenvalue weighted by molar-refractivity contribution is -0.122. The summed E-state index contributed by atoms with van der Waals surface area (Å²) in [5.74, 6) is 2.10. The standard InChI is InChI=1S/C51H89NO9Si2/c1-36-27-44(60-45(28-36)31-47(58-35-53-12)39(4)26-37(2)32-59-62(15,16)50(6,7)8)21-19-20-43(56-33-41-22-24-42(55-14)25-23-41)30-48(61-63(17,18)51(9,10)11)46-34-57-49(52-46)29-38(3)40(5)54-13/h22-25,29,34,37,39-40,43-45,47-48H,1,19-21,26-28,30-33,35H2,2-18H3/b38-29+/t37-,39-,40+,43-,44+,45+,47-,48-/m0/s1. The molecule has 0 unspecified atom stereocenters. The first kappa shape index (κ1) is 55.2. The van der Waals surface area contributed by atoms with Gasteiger partial charge in [0.25, 0.3) is 0 Å². The molecule has 1 aliphatic rings. The van der Waals surface area contributed by atoms with Crippen molar-refractivity contribution in [3.05, 3.63) is 65.4 Å². The van der Waals surface area contributed by atoms with E-state index in [-0.39, 0.29) is 53.5 Å². The Labute approximate surface area is 385 Å². The lowest BCUT2D eigenvalue weighted by atomic mass is 9.87. The van der Waals surface area contributed by atoms with Crippen LogP contribution in [-0.2, 0) is 39.1 Å². The second kappa shape index (κ2) is 25.1. The summed E-state index contributed by atoms with van der Waals surface area (Å²) in [7, 11) is 1.03. The Morgan fingerprint density at radius 1 is 0.905 bits per heavy atom. The van der Waals surface area contributed by atoms with Crippen molar-refractivity contribution in [2.24, 2.45) is 11.8 Å². The zero-order valence-electron chi connectivity index (χ0n) is 42.7. The molecule has 0 saturated carbocycles. The van der Waals surface area contributed by atoms with E-state index in [4.69, 9.17) is 46.7 Å². The maximum absolute atomic E-state index is 7.17. The fraction of sp³-hybridized carbons (Fsp3) is 0.745. The molecule has 12 heteroatoms. The van der Waals surface area contributed by atoms with Gasteiger partial charge >= 0.3 is 0 Å². The Morgan fingerprint density at radius 3 is 2.16 bits per heavy atom. The summed E-state index contributed by atoms with van der Waals surface area (Å²) in [4.78, 5) is 4.97. The van der Waals surface area contributed by atoms with Crippen molar-refractivity contribution < 1.29 is 41.7 Å². The van der Waals surface area contributed by atoms with Gasteiger partial charge in [-0.1, -0.05) is 79.7 Å². The van der Waals surface area contributed by atoms with Gasteiger partial charge in [0, 0.05) is 39.7 Å². The van der Waals surface area contributed by atoms with Crippen LogP contribution in [0.3, 0.4) is 0 Å².